The Morgan fingerprint density at radius 2 is 1.81 bits per heavy atom. The number of aromatic carboxylic acids is 1. The van der Waals surface area contributed by atoms with E-state index in [0.29, 0.717) is 6.54 Å². The summed E-state index contributed by atoms with van der Waals surface area (Å²) in [7, 11) is 0. The number of nitrogens with one attached hydrogen (secondary N) is 1. The van der Waals surface area contributed by atoms with Crippen LogP contribution in [0.1, 0.15) is 65.3 Å². The van der Waals surface area contributed by atoms with Gasteiger partial charge in [0, 0.05) is 18.8 Å². The molecule has 7 heteroatoms. The summed E-state index contributed by atoms with van der Waals surface area (Å²) in [5.74, 6) is -0.468. The molecular weight excluding hydrogens is 424 g/mol. The zero-order valence-electron chi connectivity index (χ0n) is 18.0. The second-order valence-electron chi connectivity index (χ2n) is 8.59. The van der Waals surface area contributed by atoms with Crippen LogP contribution in [0.5, 0.6) is 0 Å². The molecule has 0 bridgehead atoms. The topological polar surface area (TPSA) is 86.7 Å². The third kappa shape index (κ3) is 5.51. The Morgan fingerprint density at radius 3 is 2.47 bits per heavy atom. The summed E-state index contributed by atoms with van der Waals surface area (Å²) in [6, 6.07) is 14.9. The molecule has 2 amide bonds. The van der Waals surface area contributed by atoms with Gasteiger partial charge < -0.3 is 10.0 Å². The molecule has 2 aliphatic rings. The Balaban J connectivity index is 1.50. The van der Waals surface area contributed by atoms with Crippen molar-refractivity contribution in [1.82, 2.24) is 5.32 Å². The van der Waals surface area contributed by atoms with Gasteiger partial charge in [0.15, 0.2) is 0 Å². The van der Waals surface area contributed by atoms with E-state index in [-0.39, 0.29) is 16.7 Å². The van der Waals surface area contributed by atoms with Crippen molar-refractivity contribution in [2.45, 2.75) is 50.3 Å². The van der Waals surface area contributed by atoms with E-state index in [9.17, 15) is 19.5 Å². The Bertz CT molecular complexity index is 986. The molecule has 1 saturated heterocycles. The Kier molecular flexibility index (Phi) is 7.15. The second-order valence-corrected chi connectivity index (χ2v) is 9.66. The van der Waals surface area contributed by atoms with Crippen LogP contribution in [0.25, 0.3) is 0 Å². The van der Waals surface area contributed by atoms with Crippen LogP contribution < -0.4 is 10.2 Å². The molecule has 2 N–H and O–H groups in total. The van der Waals surface area contributed by atoms with Crippen LogP contribution in [0.15, 0.2) is 48.5 Å². The van der Waals surface area contributed by atoms with Gasteiger partial charge >= 0.3 is 5.97 Å². The minimum absolute atomic E-state index is 0.271. The van der Waals surface area contributed by atoms with Crippen LogP contribution in [0, 0.1) is 5.92 Å². The predicted octanol–water partition coefficient (Wildman–Crippen LogP) is 5.39. The number of nitrogens with zero attached hydrogens (tertiary/aromatic N) is 1. The van der Waals surface area contributed by atoms with Gasteiger partial charge in [-0.25, -0.2) is 4.79 Å². The smallest absolute Gasteiger partial charge is 0.335 e. The van der Waals surface area contributed by atoms with Crippen LogP contribution in [0.3, 0.4) is 0 Å². The number of carboxylic acid groups (broad SMARTS) is 1. The molecule has 2 aromatic rings. The van der Waals surface area contributed by atoms with Crippen molar-refractivity contribution in [1.29, 1.82) is 0 Å². The van der Waals surface area contributed by atoms with Gasteiger partial charge in [-0.3, -0.25) is 14.9 Å². The first-order valence-electron chi connectivity index (χ1n) is 11.2. The van der Waals surface area contributed by atoms with Gasteiger partial charge in [0.1, 0.15) is 5.25 Å². The van der Waals surface area contributed by atoms with Gasteiger partial charge in [-0.05, 0) is 53.4 Å². The minimum Gasteiger partial charge on any atom is -0.478 e. The van der Waals surface area contributed by atoms with Crippen LogP contribution in [0.4, 0.5) is 10.5 Å². The number of imide groups is 1. The highest BCUT2D eigenvalue weighted by atomic mass is 32.2. The monoisotopic (exact) mass is 452 g/mol. The van der Waals surface area contributed by atoms with Crippen molar-refractivity contribution < 1.29 is 19.5 Å². The Morgan fingerprint density at radius 1 is 1.06 bits per heavy atom. The number of carbonyl (C=O) groups is 3. The van der Waals surface area contributed by atoms with Crippen LogP contribution >= 0.6 is 11.8 Å². The van der Waals surface area contributed by atoms with Gasteiger partial charge in [0.05, 0.1) is 5.56 Å². The molecule has 4 rings (SSSR count). The van der Waals surface area contributed by atoms with Crippen LogP contribution in [-0.2, 0) is 11.3 Å². The molecule has 2 aromatic carbocycles. The fourth-order valence-electron chi connectivity index (χ4n) is 4.54. The van der Waals surface area contributed by atoms with Crippen LogP contribution in [0.2, 0.25) is 0 Å². The molecule has 1 saturated carbocycles. The number of carbonyl (C=O) groups excluding carboxylic acids is 2. The summed E-state index contributed by atoms with van der Waals surface area (Å²) < 4.78 is 0. The highest BCUT2D eigenvalue weighted by molar-refractivity contribution is 8.15. The molecular formula is C25H28N2O4S. The number of benzene rings is 2. The van der Waals surface area contributed by atoms with Crippen molar-refractivity contribution in [2.75, 3.05) is 11.4 Å². The van der Waals surface area contributed by atoms with Gasteiger partial charge in [0.2, 0.25) is 5.91 Å². The van der Waals surface area contributed by atoms with E-state index in [1.165, 1.54) is 32.1 Å². The number of carboxylic acids is 1. The zero-order chi connectivity index (χ0) is 22.5. The van der Waals surface area contributed by atoms with Crippen molar-refractivity contribution >= 4 is 34.6 Å². The SMILES string of the molecule is O=C1NC(=O)C(c2ccc(CN(CCC3CCCCC3)c3cccc(C(=O)O)c3)cc2)S1. The van der Waals surface area contributed by atoms with Gasteiger partial charge in [-0.2, -0.15) is 0 Å². The number of amides is 2. The summed E-state index contributed by atoms with van der Waals surface area (Å²) in [6.45, 7) is 1.52. The van der Waals surface area contributed by atoms with Gasteiger partial charge in [0.25, 0.3) is 5.24 Å². The number of thioether (sulfide) groups is 1. The fourth-order valence-corrected chi connectivity index (χ4v) is 5.38. The van der Waals surface area contributed by atoms with Gasteiger partial charge in [-0.1, -0.05) is 62.4 Å². The highest BCUT2D eigenvalue weighted by Crippen LogP contribution is 2.34. The normalized spacial score (nSPS) is 19.1. The fraction of sp³-hybridized carbons (Fsp3) is 0.400. The number of rotatable bonds is 8. The molecule has 1 atom stereocenters. The van der Waals surface area contributed by atoms with Crippen molar-refractivity contribution in [3.8, 4) is 0 Å². The van der Waals surface area contributed by atoms with E-state index in [4.69, 9.17) is 0 Å². The lowest BCUT2D eigenvalue weighted by Crippen LogP contribution is -2.26. The lowest BCUT2D eigenvalue weighted by atomic mass is 9.87. The van der Waals surface area contributed by atoms with Crippen LogP contribution in [-0.4, -0.2) is 28.8 Å². The van der Waals surface area contributed by atoms with E-state index in [1.54, 1.807) is 18.2 Å². The first-order valence-corrected chi connectivity index (χ1v) is 12.1. The predicted molar refractivity (Wildman–Crippen MR) is 126 cm³/mol. The van der Waals surface area contributed by atoms with E-state index < -0.39 is 11.2 Å². The van der Waals surface area contributed by atoms with E-state index in [2.05, 4.69) is 10.2 Å². The average molecular weight is 453 g/mol. The lowest BCUT2D eigenvalue weighted by Gasteiger charge is -2.29. The largest absolute Gasteiger partial charge is 0.478 e. The average Bonchev–Trinajstić information content (AvgIpc) is 3.15. The maximum atomic E-state index is 11.9. The van der Waals surface area contributed by atoms with Crippen molar-refractivity contribution in [2.24, 2.45) is 5.92 Å². The molecule has 1 aliphatic heterocycles. The van der Waals surface area contributed by atoms with Gasteiger partial charge in [-0.15, -0.1) is 0 Å². The van der Waals surface area contributed by atoms with E-state index in [1.807, 2.05) is 30.3 Å². The third-order valence-corrected chi connectivity index (χ3v) is 7.37. The standard InChI is InChI=1S/C25H28N2O4S/c28-23-22(32-25(31)26-23)19-11-9-18(10-12-19)16-27(14-13-17-5-2-1-3-6-17)21-8-4-7-20(15-21)24(29)30/h4,7-12,15,17,22H,1-3,5-6,13-14,16H2,(H,29,30)(H,26,28,31). The first-order chi connectivity index (χ1) is 15.5. The van der Waals surface area contributed by atoms with E-state index in [0.717, 1.165) is 47.5 Å². The Labute approximate surface area is 192 Å². The highest BCUT2D eigenvalue weighted by Gasteiger charge is 2.32. The summed E-state index contributed by atoms with van der Waals surface area (Å²) >= 11 is 1.01. The lowest BCUT2D eigenvalue weighted by molar-refractivity contribution is -0.119. The quantitative estimate of drug-likeness (QED) is 0.559. The van der Waals surface area contributed by atoms with Crippen molar-refractivity contribution in [3.05, 3.63) is 65.2 Å². The molecule has 1 heterocycles. The number of hydrogen-bond acceptors (Lipinski definition) is 5. The maximum absolute atomic E-state index is 11.9. The molecule has 6 nitrogen and oxygen atoms in total. The molecule has 0 aromatic heterocycles. The molecule has 2 fully saturated rings. The molecule has 1 unspecified atom stereocenters. The van der Waals surface area contributed by atoms with Crippen molar-refractivity contribution in [3.63, 3.8) is 0 Å². The third-order valence-electron chi connectivity index (χ3n) is 6.33. The zero-order valence-corrected chi connectivity index (χ0v) is 18.8. The second kappa shape index (κ2) is 10.2. The molecule has 168 valence electrons. The molecule has 32 heavy (non-hydrogen) atoms. The number of hydrogen-bond donors (Lipinski definition) is 2. The maximum Gasteiger partial charge on any atom is 0.335 e. The Hall–Kier alpha value is -2.80. The molecule has 0 radical (unpaired) electrons. The summed E-state index contributed by atoms with van der Waals surface area (Å²) in [5.41, 5.74) is 3.08. The minimum atomic E-state index is -0.926. The molecule has 1 aliphatic carbocycles. The summed E-state index contributed by atoms with van der Waals surface area (Å²) in [5, 5.41) is 10.9. The first kappa shape index (κ1) is 22.4. The summed E-state index contributed by atoms with van der Waals surface area (Å²) in [6.07, 6.45) is 7.58. The summed E-state index contributed by atoms with van der Waals surface area (Å²) in [4.78, 5) is 37.1. The van der Waals surface area contributed by atoms with E-state index >= 15 is 0 Å². The molecule has 0 spiro atoms. The number of anilines is 1.